The van der Waals surface area contributed by atoms with Crippen molar-refractivity contribution in [1.29, 1.82) is 0 Å². The van der Waals surface area contributed by atoms with Gasteiger partial charge in [-0.15, -0.1) is 0 Å². The van der Waals surface area contributed by atoms with Gasteiger partial charge in [-0.3, -0.25) is 0 Å². The Hall–Kier alpha value is -1.06. The van der Waals surface area contributed by atoms with E-state index in [2.05, 4.69) is 26.0 Å². The second-order valence-corrected chi connectivity index (χ2v) is 6.68. The standard InChI is InChI=1S/C20H35NO2/c1-3-5-6-7-8-16-23-19-11-9-18(10-12-19)13-15-20(21,17-22)14-4-2/h9-12,22H,3-8,13-17,21H2,1-2H3/t20-/m0/s1. The third-order valence-electron chi connectivity index (χ3n) is 4.41. The maximum absolute atomic E-state index is 9.47. The van der Waals surface area contributed by atoms with Crippen molar-refractivity contribution in [3.63, 3.8) is 0 Å². The number of hydrogen-bond acceptors (Lipinski definition) is 3. The smallest absolute Gasteiger partial charge is 0.119 e. The second kappa shape index (κ2) is 11.5. The van der Waals surface area contributed by atoms with Crippen LogP contribution in [0.4, 0.5) is 0 Å². The van der Waals surface area contributed by atoms with E-state index in [4.69, 9.17) is 10.5 Å². The lowest BCUT2D eigenvalue weighted by Crippen LogP contribution is -2.43. The molecule has 0 aliphatic rings. The molecular weight excluding hydrogens is 286 g/mol. The Kier molecular flexibility index (Phi) is 9.97. The van der Waals surface area contributed by atoms with Crippen LogP contribution in [0.2, 0.25) is 0 Å². The molecule has 1 rings (SSSR count). The molecule has 0 fully saturated rings. The van der Waals surface area contributed by atoms with Crippen molar-refractivity contribution >= 4 is 0 Å². The van der Waals surface area contributed by atoms with Crippen LogP contribution in [0, 0.1) is 0 Å². The monoisotopic (exact) mass is 321 g/mol. The molecule has 3 nitrogen and oxygen atoms in total. The zero-order valence-electron chi connectivity index (χ0n) is 15.0. The molecule has 0 aliphatic carbocycles. The van der Waals surface area contributed by atoms with Crippen molar-refractivity contribution in [2.45, 2.75) is 77.2 Å². The van der Waals surface area contributed by atoms with Crippen LogP contribution >= 0.6 is 0 Å². The van der Waals surface area contributed by atoms with E-state index in [-0.39, 0.29) is 6.61 Å². The highest BCUT2D eigenvalue weighted by Gasteiger charge is 2.22. The van der Waals surface area contributed by atoms with Crippen LogP contribution in [0.25, 0.3) is 0 Å². The summed E-state index contributed by atoms with van der Waals surface area (Å²) < 4.78 is 5.78. The average Bonchev–Trinajstić information content (AvgIpc) is 2.57. The largest absolute Gasteiger partial charge is 0.494 e. The maximum Gasteiger partial charge on any atom is 0.119 e. The van der Waals surface area contributed by atoms with E-state index in [1.54, 1.807) is 0 Å². The van der Waals surface area contributed by atoms with Crippen LogP contribution in [0.1, 0.15) is 70.8 Å². The van der Waals surface area contributed by atoms with Gasteiger partial charge in [-0.1, -0.05) is 58.1 Å². The van der Waals surface area contributed by atoms with Crippen molar-refractivity contribution in [2.75, 3.05) is 13.2 Å². The SMILES string of the molecule is CCCCCCCOc1ccc(CC[C@](N)(CO)CCC)cc1. The van der Waals surface area contributed by atoms with Gasteiger partial charge in [0.1, 0.15) is 5.75 Å². The Morgan fingerprint density at radius 3 is 2.26 bits per heavy atom. The highest BCUT2D eigenvalue weighted by molar-refractivity contribution is 5.27. The van der Waals surface area contributed by atoms with E-state index < -0.39 is 5.54 Å². The lowest BCUT2D eigenvalue weighted by atomic mass is 9.89. The molecule has 0 bridgehead atoms. The Morgan fingerprint density at radius 2 is 1.65 bits per heavy atom. The van der Waals surface area contributed by atoms with Gasteiger partial charge in [0.2, 0.25) is 0 Å². The van der Waals surface area contributed by atoms with E-state index in [0.717, 1.165) is 44.5 Å². The highest BCUT2D eigenvalue weighted by Crippen LogP contribution is 2.19. The predicted octanol–water partition coefficient (Wildman–Crippen LogP) is 4.46. The van der Waals surface area contributed by atoms with Crippen molar-refractivity contribution < 1.29 is 9.84 Å². The Bertz CT molecular complexity index is 405. The van der Waals surface area contributed by atoms with Gasteiger partial charge in [-0.05, 0) is 43.4 Å². The molecule has 3 heteroatoms. The lowest BCUT2D eigenvalue weighted by molar-refractivity contribution is 0.177. The number of ether oxygens (including phenoxy) is 1. The first-order valence-corrected chi connectivity index (χ1v) is 9.25. The molecule has 132 valence electrons. The normalized spacial score (nSPS) is 13.7. The summed E-state index contributed by atoms with van der Waals surface area (Å²) in [4.78, 5) is 0. The molecule has 0 aliphatic heterocycles. The minimum absolute atomic E-state index is 0.0556. The summed E-state index contributed by atoms with van der Waals surface area (Å²) in [7, 11) is 0. The molecular formula is C20H35NO2. The fourth-order valence-corrected chi connectivity index (χ4v) is 2.82. The first-order chi connectivity index (χ1) is 11.1. The van der Waals surface area contributed by atoms with E-state index in [0.29, 0.717) is 0 Å². The number of unbranched alkanes of at least 4 members (excludes halogenated alkanes) is 4. The lowest BCUT2D eigenvalue weighted by Gasteiger charge is -2.26. The average molecular weight is 322 g/mol. The zero-order valence-corrected chi connectivity index (χ0v) is 15.0. The highest BCUT2D eigenvalue weighted by atomic mass is 16.5. The van der Waals surface area contributed by atoms with Gasteiger partial charge in [-0.25, -0.2) is 0 Å². The van der Waals surface area contributed by atoms with Crippen LogP contribution in [-0.4, -0.2) is 23.9 Å². The van der Waals surface area contributed by atoms with E-state index in [1.807, 2.05) is 12.1 Å². The molecule has 1 atom stereocenters. The minimum atomic E-state index is -0.442. The first-order valence-electron chi connectivity index (χ1n) is 9.25. The summed E-state index contributed by atoms with van der Waals surface area (Å²) in [6, 6.07) is 8.29. The minimum Gasteiger partial charge on any atom is -0.494 e. The summed E-state index contributed by atoms with van der Waals surface area (Å²) in [6.45, 7) is 5.19. The van der Waals surface area contributed by atoms with Crippen LogP contribution in [0.15, 0.2) is 24.3 Å². The summed E-state index contributed by atoms with van der Waals surface area (Å²) in [5.74, 6) is 0.943. The first kappa shape index (κ1) is 20.0. The molecule has 0 amide bonds. The van der Waals surface area contributed by atoms with Gasteiger partial charge in [0, 0.05) is 5.54 Å². The van der Waals surface area contributed by atoms with Gasteiger partial charge in [0.05, 0.1) is 13.2 Å². The summed E-state index contributed by atoms with van der Waals surface area (Å²) in [6.07, 6.45) is 9.87. The summed E-state index contributed by atoms with van der Waals surface area (Å²) in [5.41, 5.74) is 7.03. The Morgan fingerprint density at radius 1 is 0.957 bits per heavy atom. The molecule has 0 saturated heterocycles. The Labute approximate surface area is 142 Å². The molecule has 1 aromatic carbocycles. The fraction of sp³-hybridized carbons (Fsp3) is 0.700. The van der Waals surface area contributed by atoms with Crippen LogP contribution in [0.3, 0.4) is 0 Å². The van der Waals surface area contributed by atoms with E-state index in [9.17, 15) is 5.11 Å². The number of aryl methyl sites for hydroxylation is 1. The van der Waals surface area contributed by atoms with Crippen LogP contribution < -0.4 is 10.5 Å². The topological polar surface area (TPSA) is 55.5 Å². The van der Waals surface area contributed by atoms with E-state index in [1.165, 1.54) is 31.2 Å². The molecule has 3 N–H and O–H groups in total. The number of nitrogens with two attached hydrogens (primary N) is 1. The van der Waals surface area contributed by atoms with Crippen molar-refractivity contribution in [1.82, 2.24) is 0 Å². The third-order valence-corrected chi connectivity index (χ3v) is 4.41. The quantitative estimate of drug-likeness (QED) is 0.527. The van der Waals surface area contributed by atoms with E-state index >= 15 is 0 Å². The van der Waals surface area contributed by atoms with Crippen molar-refractivity contribution in [3.8, 4) is 5.75 Å². The van der Waals surface area contributed by atoms with Gasteiger partial charge < -0.3 is 15.6 Å². The molecule has 0 aromatic heterocycles. The molecule has 0 unspecified atom stereocenters. The molecule has 0 saturated carbocycles. The summed E-state index contributed by atoms with van der Waals surface area (Å²) >= 11 is 0. The third kappa shape index (κ3) is 8.38. The molecule has 0 spiro atoms. The van der Waals surface area contributed by atoms with Crippen LogP contribution in [0.5, 0.6) is 5.75 Å². The fourth-order valence-electron chi connectivity index (χ4n) is 2.82. The van der Waals surface area contributed by atoms with Crippen molar-refractivity contribution in [2.24, 2.45) is 5.73 Å². The molecule has 1 aromatic rings. The molecule has 0 heterocycles. The summed E-state index contributed by atoms with van der Waals surface area (Å²) in [5, 5.41) is 9.47. The number of aliphatic hydroxyl groups excluding tert-OH is 1. The van der Waals surface area contributed by atoms with Gasteiger partial charge in [0.25, 0.3) is 0 Å². The number of aliphatic hydroxyl groups is 1. The number of rotatable bonds is 13. The number of hydrogen-bond donors (Lipinski definition) is 2. The second-order valence-electron chi connectivity index (χ2n) is 6.68. The van der Waals surface area contributed by atoms with Crippen molar-refractivity contribution in [3.05, 3.63) is 29.8 Å². The Balaban J connectivity index is 2.30. The van der Waals surface area contributed by atoms with Crippen LogP contribution in [-0.2, 0) is 6.42 Å². The number of benzene rings is 1. The van der Waals surface area contributed by atoms with Gasteiger partial charge >= 0.3 is 0 Å². The van der Waals surface area contributed by atoms with Gasteiger partial charge in [0.15, 0.2) is 0 Å². The predicted molar refractivity (Wildman–Crippen MR) is 97.9 cm³/mol. The zero-order chi connectivity index (χ0) is 17.0. The molecule has 0 radical (unpaired) electrons. The van der Waals surface area contributed by atoms with Gasteiger partial charge in [-0.2, -0.15) is 0 Å². The maximum atomic E-state index is 9.47. The molecule has 23 heavy (non-hydrogen) atoms.